The van der Waals surface area contributed by atoms with Gasteiger partial charge in [-0.1, -0.05) is 49.2 Å². The number of furan rings is 1. The summed E-state index contributed by atoms with van der Waals surface area (Å²) in [4.78, 5) is 11.9. The molecule has 0 radical (unpaired) electrons. The van der Waals surface area contributed by atoms with Gasteiger partial charge in [-0.2, -0.15) is 5.10 Å². The van der Waals surface area contributed by atoms with Crippen molar-refractivity contribution in [3.63, 3.8) is 0 Å². The number of carbonyl (C=O) groups excluding carboxylic acids is 1. The number of halogens is 2. The Morgan fingerprint density at radius 3 is 2.60 bits per heavy atom. The minimum atomic E-state index is -0.367. The van der Waals surface area contributed by atoms with E-state index in [1.54, 1.807) is 24.3 Å². The fraction of sp³-hybridized carbons (Fsp3) is 0.217. The van der Waals surface area contributed by atoms with E-state index in [0.29, 0.717) is 33.2 Å². The van der Waals surface area contributed by atoms with Crippen molar-refractivity contribution in [2.45, 2.75) is 26.2 Å². The summed E-state index contributed by atoms with van der Waals surface area (Å²) in [5.74, 6) is 1.87. The Hall–Kier alpha value is -2.76. The second-order valence-electron chi connectivity index (χ2n) is 6.79. The Morgan fingerprint density at radius 2 is 1.90 bits per heavy atom. The van der Waals surface area contributed by atoms with Crippen molar-refractivity contribution in [1.29, 1.82) is 0 Å². The molecular weight excluding hydrogens is 423 g/mol. The maximum atomic E-state index is 11.9. The van der Waals surface area contributed by atoms with Crippen LogP contribution >= 0.6 is 23.2 Å². The summed E-state index contributed by atoms with van der Waals surface area (Å²) in [7, 11) is 0. The zero-order chi connectivity index (χ0) is 21.5. The highest BCUT2D eigenvalue weighted by Gasteiger charge is 2.07. The normalized spacial score (nSPS) is 12.1. The van der Waals surface area contributed by atoms with E-state index >= 15 is 0 Å². The highest BCUT2D eigenvalue weighted by Crippen LogP contribution is 2.29. The summed E-state index contributed by atoms with van der Waals surface area (Å²) in [6, 6.07) is 16.5. The molecule has 5 nitrogen and oxygen atoms in total. The lowest BCUT2D eigenvalue weighted by Crippen LogP contribution is -2.24. The predicted octanol–water partition coefficient (Wildman–Crippen LogP) is 6.30. The van der Waals surface area contributed by atoms with Crippen LogP contribution in [0.5, 0.6) is 5.75 Å². The van der Waals surface area contributed by atoms with Crippen LogP contribution in [0.25, 0.3) is 11.3 Å². The first-order chi connectivity index (χ1) is 14.5. The average molecular weight is 445 g/mol. The zero-order valence-corrected chi connectivity index (χ0v) is 18.2. The van der Waals surface area contributed by atoms with E-state index in [1.807, 2.05) is 30.3 Å². The maximum Gasteiger partial charge on any atom is 0.277 e. The summed E-state index contributed by atoms with van der Waals surface area (Å²) < 4.78 is 11.2. The summed E-state index contributed by atoms with van der Waals surface area (Å²) >= 11 is 12.0. The molecule has 1 aromatic heterocycles. The van der Waals surface area contributed by atoms with Gasteiger partial charge in [-0.3, -0.25) is 4.79 Å². The number of benzene rings is 2. The van der Waals surface area contributed by atoms with Gasteiger partial charge in [0.15, 0.2) is 6.61 Å². The van der Waals surface area contributed by atoms with Crippen molar-refractivity contribution in [2.75, 3.05) is 6.61 Å². The molecule has 0 saturated heterocycles. The second-order valence-corrected chi connectivity index (χ2v) is 7.61. The molecule has 0 aliphatic carbocycles. The maximum absolute atomic E-state index is 11.9. The third-order valence-corrected chi connectivity index (χ3v) is 5.38. The number of hydrogen-bond acceptors (Lipinski definition) is 4. The molecule has 1 heterocycles. The fourth-order valence-electron chi connectivity index (χ4n) is 2.70. The third-order valence-electron chi connectivity index (χ3n) is 4.64. The van der Waals surface area contributed by atoms with E-state index in [1.165, 1.54) is 11.8 Å². The number of amides is 1. The average Bonchev–Trinajstić information content (AvgIpc) is 3.23. The number of nitrogens with one attached hydrogen (secondary N) is 1. The van der Waals surface area contributed by atoms with Crippen molar-refractivity contribution < 1.29 is 13.9 Å². The molecule has 0 fully saturated rings. The van der Waals surface area contributed by atoms with Gasteiger partial charge in [0.1, 0.15) is 17.3 Å². The molecule has 0 aliphatic rings. The number of carbonyl (C=O) groups is 1. The molecule has 0 saturated carbocycles. The topological polar surface area (TPSA) is 63.8 Å². The van der Waals surface area contributed by atoms with E-state index in [-0.39, 0.29) is 12.5 Å². The first-order valence-electron chi connectivity index (χ1n) is 9.56. The lowest BCUT2D eigenvalue weighted by atomic mass is 9.99. The van der Waals surface area contributed by atoms with Crippen molar-refractivity contribution in [1.82, 2.24) is 5.43 Å². The second kappa shape index (κ2) is 10.3. The van der Waals surface area contributed by atoms with Crippen LogP contribution in [0.15, 0.2) is 64.1 Å². The van der Waals surface area contributed by atoms with E-state index in [2.05, 4.69) is 24.4 Å². The molecule has 1 N–H and O–H groups in total. The Morgan fingerprint density at radius 1 is 1.13 bits per heavy atom. The van der Waals surface area contributed by atoms with E-state index in [0.717, 1.165) is 12.0 Å². The third kappa shape index (κ3) is 5.88. The lowest BCUT2D eigenvalue weighted by molar-refractivity contribution is -0.123. The Bertz CT molecular complexity index is 1030. The first kappa shape index (κ1) is 21.9. The summed E-state index contributed by atoms with van der Waals surface area (Å²) in [5.41, 5.74) is 4.45. The van der Waals surface area contributed by atoms with Gasteiger partial charge < -0.3 is 9.15 Å². The molecule has 2 aromatic carbocycles. The monoisotopic (exact) mass is 444 g/mol. The first-order valence-corrected chi connectivity index (χ1v) is 10.3. The van der Waals surface area contributed by atoms with Crippen molar-refractivity contribution in [3.8, 4) is 17.1 Å². The number of rotatable bonds is 8. The van der Waals surface area contributed by atoms with Gasteiger partial charge in [0, 0.05) is 5.56 Å². The smallest absolute Gasteiger partial charge is 0.277 e. The number of nitrogens with zero attached hydrogens (tertiary/aromatic N) is 1. The van der Waals surface area contributed by atoms with Crippen LogP contribution in [0.3, 0.4) is 0 Å². The standard InChI is InChI=1S/C23H22Cl2N2O3/c1-3-15(2)16-4-7-18(8-5-16)29-14-23(28)27-26-13-19-9-11-22(30-19)17-6-10-20(24)21(25)12-17/h4-13,15H,3,14H2,1-2H3,(H,27,28). The number of hydrazone groups is 1. The van der Waals surface area contributed by atoms with Crippen molar-refractivity contribution in [3.05, 3.63) is 76.0 Å². The molecule has 30 heavy (non-hydrogen) atoms. The van der Waals surface area contributed by atoms with Crippen LogP contribution in [-0.2, 0) is 4.79 Å². The number of hydrogen-bond donors (Lipinski definition) is 1. The van der Waals surface area contributed by atoms with Crippen molar-refractivity contribution >= 4 is 35.3 Å². The van der Waals surface area contributed by atoms with Crippen LogP contribution in [0.1, 0.15) is 37.5 Å². The Balaban J connectivity index is 1.49. The van der Waals surface area contributed by atoms with Gasteiger partial charge in [-0.25, -0.2) is 5.43 Å². The van der Waals surface area contributed by atoms with Crippen molar-refractivity contribution in [2.24, 2.45) is 5.10 Å². The molecule has 1 unspecified atom stereocenters. The van der Waals surface area contributed by atoms with Gasteiger partial charge in [-0.05, 0) is 60.4 Å². The van der Waals surface area contributed by atoms with Crippen LogP contribution in [0, 0.1) is 0 Å². The summed E-state index contributed by atoms with van der Waals surface area (Å²) in [6.45, 7) is 4.19. The quantitative estimate of drug-likeness (QED) is 0.327. The molecule has 3 aromatic rings. The van der Waals surface area contributed by atoms with Gasteiger partial charge >= 0.3 is 0 Å². The SMILES string of the molecule is CCC(C)c1ccc(OCC(=O)NN=Cc2ccc(-c3ccc(Cl)c(Cl)c3)o2)cc1. The van der Waals surface area contributed by atoms with E-state index < -0.39 is 0 Å². The molecule has 156 valence electrons. The van der Waals surface area contributed by atoms with Gasteiger partial charge in [0.25, 0.3) is 5.91 Å². The fourth-order valence-corrected chi connectivity index (χ4v) is 3.00. The van der Waals surface area contributed by atoms with Gasteiger partial charge in [0.05, 0.1) is 16.3 Å². The zero-order valence-electron chi connectivity index (χ0n) is 16.7. The Kier molecular flexibility index (Phi) is 7.55. The summed E-state index contributed by atoms with van der Waals surface area (Å²) in [6.07, 6.45) is 2.49. The highest BCUT2D eigenvalue weighted by molar-refractivity contribution is 6.42. The molecule has 7 heteroatoms. The lowest BCUT2D eigenvalue weighted by Gasteiger charge is -2.10. The van der Waals surface area contributed by atoms with E-state index in [4.69, 9.17) is 32.4 Å². The minimum Gasteiger partial charge on any atom is -0.484 e. The van der Waals surface area contributed by atoms with Crippen LogP contribution in [0.4, 0.5) is 0 Å². The predicted molar refractivity (Wildman–Crippen MR) is 121 cm³/mol. The number of ether oxygens (including phenoxy) is 1. The van der Waals surface area contributed by atoms with Gasteiger partial charge in [-0.15, -0.1) is 0 Å². The van der Waals surface area contributed by atoms with E-state index in [9.17, 15) is 4.79 Å². The molecule has 1 atom stereocenters. The highest BCUT2D eigenvalue weighted by atomic mass is 35.5. The molecule has 0 aliphatic heterocycles. The molecular formula is C23H22Cl2N2O3. The van der Waals surface area contributed by atoms with Crippen LogP contribution in [-0.4, -0.2) is 18.7 Å². The van der Waals surface area contributed by atoms with Crippen LogP contribution < -0.4 is 10.2 Å². The van der Waals surface area contributed by atoms with Gasteiger partial charge in [0.2, 0.25) is 0 Å². The molecule has 0 bridgehead atoms. The van der Waals surface area contributed by atoms with Crippen LogP contribution in [0.2, 0.25) is 10.0 Å². The molecule has 3 rings (SSSR count). The largest absolute Gasteiger partial charge is 0.484 e. The molecule has 0 spiro atoms. The Labute approximate surface area is 185 Å². The summed E-state index contributed by atoms with van der Waals surface area (Å²) in [5, 5.41) is 4.82. The molecule has 1 amide bonds. The minimum absolute atomic E-state index is 0.132.